The molecule has 1 atom stereocenters. The number of benzene rings is 1. The molecular weight excluding hydrogens is 320 g/mol. The Hall–Kier alpha value is -2.27. The predicted molar refractivity (Wildman–Crippen MR) is 97.4 cm³/mol. The van der Waals surface area contributed by atoms with Gasteiger partial charge in [0, 0.05) is 18.2 Å². The van der Waals surface area contributed by atoms with Crippen LogP contribution < -0.4 is 4.90 Å². The number of ketones is 1. The highest BCUT2D eigenvalue weighted by Gasteiger charge is 2.23. The number of carbonyl (C=O) groups is 2. The monoisotopic (exact) mass is 340 g/mol. The van der Waals surface area contributed by atoms with E-state index in [4.69, 9.17) is 0 Å². The zero-order valence-corrected chi connectivity index (χ0v) is 14.7. The highest BCUT2D eigenvalue weighted by atomic mass is 32.1. The molecule has 0 radical (unpaired) electrons. The van der Waals surface area contributed by atoms with Crippen molar-refractivity contribution in [3.63, 3.8) is 0 Å². The maximum absolute atomic E-state index is 12.2. The average Bonchev–Trinajstić information content (AvgIpc) is 3.01. The molecule has 0 spiro atoms. The third kappa shape index (κ3) is 3.46. The molecule has 1 aliphatic rings. The summed E-state index contributed by atoms with van der Waals surface area (Å²) in [6, 6.07) is 9.46. The Kier molecular flexibility index (Phi) is 4.90. The van der Waals surface area contributed by atoms with E-state index in [-0.39, 0.29) is 17.6 Å². The maximum atomic E-state index is 12.2. The quantitative estimate of drug-likeness (QED) is 0.767. The van der Waals surface area contributed by atoms with Crippen molar-refractivity contribution >= 4 is 39.9 Å². The fraction of sp³-hybridized carbons (Fsp3) is 0.316. The van der Waals surface area contributed by atoms with Gasteiger partial charge in [0.1, 0.15) is 0 Å². The minimum absolute atomic E-state index is 0.0860. The summed E-state index contributed by atoms with van der Waals surface area (Å²) in [6.07, 6.45) is 4.69. The second-order valence-electron chi connectivity index (χ2n) is 6.07. The Morgan fingerprint density at radius 1 is 1.33 bits per heavy atom. The molecule has 24 heavy (non-hydrogen) atoms. The van der Waals surface area contributed by atoms with Gasteiger partial charge in [-0.25, -0.2) is 4.98 Å². The molecule has 4 nitrogen and oxygen atoms in total. The van der Waals surface area contributed by atoms with Gasteiger partial charge in [-0.15, -0.1) is 11.3 Å². The van der Waals surface area contributed by atoms with E-state index >= 15 is 0 Å². The lowest BCUT2D eigenvalue weighted by atomic mass is 9.85. The second-order valence-corrected chi connectivity index (χ2v) is 6.91. The summed E-state index contributed by atoms with van der Waals surface area (Å²) in [6.45, 7) is 3.51. The summed E-state index contributed by atoms with van der Waals surface area (Å²) >= 11 is 1.41. The minimum atomic E-state index is -0.0860. The molecule has 5 heteroatoms. The van der Waals surface area contributed by atoms with Crippen LogP contribution in [0.2, 0.25) is 0 Å². The first-order valence-electron chi connectivity index (χ1n) is 8.12. The molecule has 1 fully saturated rings. The van der Waals surface area contributed by atoms with Gasteiger partial charge in [-0.2, -0.15) is 0 Å². The van der Waals surface area contributed by atoms with Crippen LogP contribution in [-0.2, 0) is 9.59 Å². The van der Waals surface area contributed by atoms with E-state index in [9.17, 15) is 9.59 Å². The third-order valence-electron chi connectivity index (χ3n) is 4.20. The van der Waals surface area contributed by atoms with Crippen molar-refractivity contribution in [3.8, 4) is 0 Å². The number of anilines is 2. The lowest BCUT2D eigenvalue weighted by Crippen LogP contribution is -2.22. The number of amides is 1. The zero-order valence-electron chi connectivity index (χ0n) is 13.9. The van der Waals surface area contributed by atoms with E-state index in [0.29, 0.717) is 5.13 Å². The number of nitrogens with zero attached hydrogens (tertiary/aromatic N) is 2. The number of carbonyl (C=O) groups excluding carboxylic acids is 2. The zero-order chi connectivity index (χ0) is 17.1. The molecule has 0 unspecified atom stereocenters. The van der Waals surface area contributed by atoms with E-state index in [2.05, 4.69) is 4.98 Å². The summed E-state index contributed by atoms with van der Waals surface area (Å²) in [5.41, 5.74) is 2.38. The van der Waals surface area contributed by atoms with Gasteiger partial charge in [-0.3, -0.25) is 14.5 Å². The van der Waals surface area contributed by atoms with E-state index in [0.717, 1.165) is 36.2 Å². The summed E-state index contributed by atoms with van der Waals surface area (Å²) < 4.78 is 0. The van der Waals surface area contributed by atoms with Crippen LogP contribution in [0.4, 0.5) is 10.8 Å². The van der Waals surface area contributed by atoms with Crippen LogP contribution in [0, 0.1) is 5.92 Å². The molecule has 124 valence electrons. The standard InChI is InChI=1S/C19H20N2O2S/c1-13-7-6-8-15(18(13)23)11-16-12-24-19(20-16)21(14(2)22)17-9-4-3-5-10-17/h3-5,9-13H,6-8H2,1-2H3/b15-11-/t13-/m1/s1. The van der Waals surface area contributed by atoms with E-state index < -0.39 is 0 Å². The highest BCUT2D eigenvalue weighted by molar-refractivity contribution is 7.14. The average molecular weight is 340 g/mol. The molecule has 1 aliphatic carbocycles. The van der Waals surface area contributed by atoms with Gasteiger partial charge < -0.3 is 0 Å². The second kappa shape index (κ2) is 7.09. The molecule has 1 saturated carbocycles. The molecule has 0 saturated heterocycles. The van der Waals surface area contributed by atoms with E-state index in [1.165, 1.54) is 18.3 Å². The Labute approximate surface area is 145 Å². The predicted octanol–water partition coefficient (Wildman–Crippen LogP) is 4.60. The molecule has 1 heterocycles. The summed E-state index contributed by atoms with van der Waals surface area (Å²) in [4.78, 5) is 30.5. The number of allylic oxidation sites excluding steroid dienone is 1. The maximum Gasteiger partial charge on any atom is 0.230 e. The normalized spacial score (nSPS) is 19.5. The number of thiazole rings is 1. The van der Waals surface area contributed by atoms with Crippen LogP contribution in [0.1, 0.15) is 38.8 Å². The Bertz CT molecular complexity index is 780. The Balaban J connectivity index is 1.89. The Morgan fingerprint density at radius 2 is 2.08 bits per heavy atom. The van der Waals surface area contributed by atoms with Crippen molar-refractivity contribution < 1.29 is 9.59 Å². The molecule has 3 rings (SSSR count). The van der Waals surface area contributed by atoms with Gasteiger partial charge in [0.15, 0.2) is 10.9 Å². The first kappa shape index (κ1) is 16.6. The van der Waals surface area contributed by atoms with Crippen LogP contribution in [0.25, 0.3) is 6.08 Å². The lowest BCUT2D eigenvalue weighted by molar-refractivity contribution is -0.120. The number of aromatic nitrogens is 1. The largest absolute Gasteiger partial charge is 0.294 e. The number of rotatable bonds is 3. The van der Waals surface area contributed by atoms with E-state index in [1.807, 2.05) is 48.7 Å². The first-order chi connectivity index (χ1) is 11.6. The molecule has 2 aromatic rings. The molecule has 1 aromatic heterocycles. The van der Waals surface area contributed by atoms with Crippen molar-refractivity contribution in [1.82, 2.24) is 4.98 Å². The molecule has 0 aliphatic heterocycles. The van der Waals surface area contributed by atoms with Crippen molar-refractivity contribution in [2.24, 2.45) is 5.92 Å². The summed E-state index contributed by atoms with van der Waals surface area (Å²) in [5.74, 6) is 0.237. The fourth-order valence-corrected chi connectivity index (χ4v) is 3.78. The molecule has 0 bridgehead atoms. The van der Waals surface area contributed by atoms with Crippen LogP contribution in [0.3, 0.4) is 0 Å². The Morgan fingerprint density at radius 3 is 2.79 bits per heavy atom. The topological polar surface area (TPSA) is 50.3 Å². The van der Waals surface area contributed by atoms with Gasteiger partial charge in [0.25, 0.3) is 0 Å². The van der Waals surface area contributed by atoms with Crippen LogP contribution in [-0.4, -0.2) is 16.7 Å². The number of para-hydroxylation sites is 1. The molecule has 1 amide bonds. The van der Waals surface area contributed by atoms with Crippen molar-refractivity contribution in [2.75, 3.05) is 4.90 Å². The van der Waals surface area contributed by atoms with Crippen LogP contribution in [0.15, 0.2) is 41.3 Å². The van der Waals surface area contributed by atoms with E-state index in [1.54, 1.807) is 4.90 Å². The molecule has 1 aromatic carbocycles. The lowest BCUT2D eigenvalue weighted by Gasteiger charge is -2.19. The summed E-state index contributed by atoms with van der Waals surface area (Å²) in [5, 5.41) is 2.52. The van der Waals surface area contributed by atoms with Gasteiger partial charge >= 0.3 is 0 Å². The van der Waals surface area contributed by atoms with Crippen LogP contribution in [0.5, 0.6) is 0 Å². The van der Waals surface area contributed by atoms with Gasteiger partial charge in [-0.1, -0.05) is 25.1 Å². The number of Topliss-reactive ketones (excluding diaryl/α,β-unsaturated/α-hetero) is 1. The van der Waals surface area contributed by atoms with Crippen molar-refractivity contribution in [2.45, 2.75) is 33.1 Å². The minimum Gasteiger partial charge on any atom is -0.294 e. The van der Waals surface area contributed by atoms with Gasteiger partial charge in [0.05, 0.1) is 11.4 Å². The fourth-order valence-electron chi connectivity index (χ4n) is 2.94. The molecule has 0 N–H and O–H groups in total. The number of hydrogen-bond donors (Lipinski definition) is 0. The summed E-state index contributed by atoms with van der Waals surface area (Å²) in [7, 11) is 0. The van der Waals surface area contributed by atoms with Crippen LogP contribution >= 0.6 is 11.3 Å². The smallest absolute Gasteiger partial charge is 0.230 e. The van der Waals surface area contributed by atoms with Crippen molar-refractivity contribution in [3.05, 3.63) is 47.0 Å². The molecular formula is C19H20N2O2S. The van der Waals surface area contributed by atoms with Gasteiger partial charge in [0.2, 0.25) is 5.91 Å². The highest BCUT2D eigenvalue weighted by Crippen LogP contribution is 2.31. The SMILES string of the molecule is CC(=O)N(c1ccccc1)c1nc(/C=C2/CCC[C@@H](C)C2=O)cs1. The number of hydrogen-bond acceptors (Lipinski definition) is 4. The van der Waals surface area contributed by atoms with Gasteiger partial charge in [-0.05, 0) is 43.0 Å². The van der Waals surface area contributed by atoms with Crippen molar-refractivity contribution in [1.29, 1.82) is 0 Å². The first-order valence-corrected chi connectivity index (χ1v) is 9.00. The third-order valence-corrected chi connectivity index (χ3v) is 5.04.